The monoisotopic (exact) mass is 388 g/mol. The van der Waals surface area contributed by atoms with E-state index in [4.69, 9.17) is 15.5 Å². The number of hydrogen-bond acceptors (Lipinski definition) is 6. The van der Waals surface area contributed by atoms with Crippen LogP contribution in [0.1, 0.15) is 25.7 Å². The smallest absolute Gasteiger partial charge is 0.223 e. The van der Waals surface area contributed by atoms with Gasteiger partial charge in [-0.3, -0.25) is 4.98 Å². The molecule has 7 nitrogen and oxygen atoms in total. The molecule has 0 spiro atoms. The first kappa shape index (κ1) is 17.9. The Balaban J connectivity index is 1.57. The number of fused-ring (bicyclic) bond motifs is 2. The van der Waals surface area contributed by atoms with Gasteiger partial charge in [-0.15, -0.1) is 0 Å². The first-order valence-corrected chi connectivity index (χ1v) is 10.0. The number of H-pyrrole nitrogens is 1. The van der Waals surface area contributed by atoms with Gasteiger partial charge in [0.1, 0.15) is 5.75 Å². The minimum atomic E-state index is 0.142. The molecule has 3 aromatic heterocycles. The maximum absolute atomic E-state index is 6.29. The van der Waals surface area contributed by atoms with E-state index in [2.05, 4.69) is 26.3 Å². The largest absolute Gasteiger partial charge is 0.497 e. The average Bonchev–Trinajstić information content (AvgIpc) is 3.18. The summed E-state index contributed by atoms with van der Waals surface area (Å²) in [5.74, 6) is 1.44. The second-order valence-electron chi connectivity index (χ2n) is 7.63. The second-order valence-corrected chi connectivity index (χ2v) is 7.63. The number of anilines is 1. The summed E-state index contributed by atoms with van der Waals surface area (Å²) in [6.07, 6.45) is 12.0. The Morgan fingerprint density at radius 3 is 2.90 bits per heavy atom. The van der Waals surface area contributed by atoms with Crippen LogP contribution >= 0.6 is 0 Å². The Morgan fingerprint density at radius 2 is 2.03 bits per heavy atom. The van der Waals surface area contributed by atoms with Gasteiger partial charge in [0.05, 0.1) is 12.6 Å². The molecule has 7 heteroatoms. The highest BCUT2D eigenvalue weighted by Crippen LogP contribution is 2.34. The van der Waals surface area contributed by atoms with Crippen LogP contribution in [0.5, 0.6) is 5.75 Å². The van der Waals surface area contributed by atoms with E-state index >= 15 is 0 Å². The van der Waals surface area contributed by atoms with E-state index in [1.165, 1.54) is 12.8 Å². The van der Waals surface area contributed by atoms with Gasteiger partial charge in [0, 0.05) is 70.4 Å². The molecular formula is C22H24N6O. The van der Waals surface area contributed by atoms with Crippen molar-refractivity contribution >= 4 is 27.8 Å². The molecule has 1 aliphatic carbocycles. The van der Waals surface area contributed by atoms with Crippen LogP contribution in [0.4, 0.5) is 5.95 Å². The van der Waals surface area contributed by atoms with Crippen LogP contribution in [0, 0.1) is 0 Å². The maximum atomic E-state index is 6.29. The van der Waals surface area contributed by atoms with Gasteiger partial charge in [-0.25, -0.2) is 9.97 Å². The Bertz CT molecular complexity index is 1170. The zero-order chi connectivity index (χ0) is 19.8. The Kier molecular flexibility index (Phi) is 4.52. The highest BCUT2D eigenvalue weighted by molar-refractivity contribution is 6.03. The van der Waals surface area contributed by atoms with Gasteiger partial charge < -0.3 is 20.8 Å². The number of aromatic amines is 1. The predicted octanol–water partition coefficient (Wildman–Crippen LogP) is 3.86. The standard InChI is InChI=1S/C22H24N6O/c1-29-14-6-7-15-16(12-25-20(15)8-14)17-11-24-9-13-10-26-22(28-21(13)17)27-19-5-3-2-4-18(19)23/h6-12,18-19,25H,2-5,23H2,1H3,(H,26,27,28)/t18-,19+/m0/s1. The van der Waals surface area contributed by atoms with E-state index in [1.807, 2.05) is 30.7 Å². The molecule has 0 aliphatic heterocycles. The summed E-state index contributed by atoms with van der Waals surface area (Å²) in [6, 6.07) is 6.37. The van der Waals surface area contributed by atoms with Gasteiger partial charge in [0.25, 0.3) is 0 Å². The van der Waals surface area contributed by atoms with Crippen molar-refractivity contribution < 1.29 is 4.74 Å². The highest BCUT2D eigenvalue weighted by atomic mass is 16.5. The summed E-state index contributed by atoms with van der Waals surface area (Å²) < 4.78 is 5.33. The van der Waals surface area contributed by atoms with Crippen LogP contribution in [0.3, 0.4) is 0 Å². The van der Waals surface area contributed by atoms with Crippen molar-refractivity contribution in [3.8, 4) is 16.9 Å². The highest BCUT2D eigenvalue weighted by Gasteiger charge is 2.22. The van der Waals surface area contributed by atoms with E-state index in [0.717, 1.165) is 51.5 Å². The SMILES string of the molecule is COc1ccc2c(-c3cncc4cnc(N[C@@H]5CCCC[C@@H]5N)nc34)c[nH]c2c1. The topological polar surface area (TPSA) is 102 Å². The third kappa shape index (κ3) is 3.27. The number of nitrogens with zero attached hydrogens (tertiary/aromatic N) is 3. The van der Waals surface area contributed by atoms with Gasteiger partial charge in [-0.2, -0.15) is 0 Å². The molecule has 0 amide bonds. The molecule has 0 radical (unpaired) electrons. The van der Waals surface area contributed by atoms with Gasteiger partial charge in [0.15, 0.2) is 0 Å². The van der Waals surface area contributed by atoms with Crippen molar-refractivity contribution in [2.75, 3.05) is 12.4 Å². The number of aromatic nitrogens is 4. The fraction of sp³-hybridized carbons (Fsp3) is 0.318. The van der Waals surface area contributed by atoms with Crippen LogP contribution in [-0.4, -0.2) is 39.1 Å². The molecule has 1 aromatic carbocycles. The van der Waals surface area contributed by atoms with Crippen LogP contribution in [0.15, 0.2) is 43.0 Å². The number of hydrogen-bond donors (Lipinski definition) is 3. The molecule has 5 rings (SSSR count). The van der Waals surface area contributed by atoms with E-state index in [-0.39, 0.29) is 12.1 Å². The lowest BCUT2D eigenvalue weighted by Gasteiger charge is -2.29. The van der Waals surface area contributed by atoms with E-state index < -0.39 is 0 Å². The molecular weight excluding hydrogens is 364 g/mol. The molecule has 1 fully saturated rings. The predicted molar refractivity (Wildman–Crippen MR) is 115 cm³/mol. The number of rotatable bonds is 4. The third-order valence-corrected chi connectivity index (χ3v) is 5.80. The first-order chi connectivity index (χ1) is 14.2. The molecule has 0 saturated heterocycles. The summed E-state index contributed by atoms with van der Waals surface area (Å²) in [4.78, 5) is 17.1. The van der Waals surface area contributed by atoms with Crippen molar-refractivity contribution in [2.24, 2.45) is 5.73 Å². The maximum Gasteiger partial charge on any atom is 0.223 e. The van der Waals surface area contributed by atoms with Crippen molar-refractivity contribution in [3.63, 3.8) is 0 Å². The zero-order valence-corrected chi connectivity index (χ0v) is 16.4. The molecule has 0 bridgehead atoms. The zero-order valence-electron chi connectivity index (χ0n) is 16.4. The van der Waals surface area contributed by atoms with Gasteiger partial charge in [0.2, 0.25) is 5.95 Å². The summed E-state index contributed by atoms with van der Waals surface area (Å²) in [7, 11) is 1.67. The summed E-state index contributed by atoms with van der Waals surface area (Å²) in [6.45, 7) is 0. The molecule has 148 valence electrons. The number of pyridine rings is 1. The lowest BCUT2D eigenvalue weighted by Crippen LogP contribution is -2.42. The number of benzene rings is 1. The summed E-state index contributed by atoms with van der Waals surface area (Å²) in [5, 5.41) is 5.46. The summed E-state index contributed by atoms with van der Waals surface area (Å²) in [5.41, 5.74) is 10.2. The molecule has 3 heterocycles. The fourth-order valence-corrected chi connectivity index (χ4v) is 4.18. The van der Waals surface area contributed by atoms with Crippen LogP contribution in [0.2, 0.25) is 0 Å². The molecule has 1 aliphatic rings. The van der Waals surface area contributed by atoms with E-state index in [1.54, 1.807) is 13.3 Å². The minimum absolute atomic E-state index is 0.142. The number of nitrogens with two attached hydrogens (primary N) is 1. The first-order valence-electron chi connectivity index (χ1n) is 10.0. The van der Waals surface area contributed by atoms with Crippen molar-refractivity contribution in [2.45, 2.75) is 37.8 Å². The van der Waals surface area contributed by atoms with E-state index in [9.17, 15) is 0 Å². The lowest BCUT2D eigenvalue weighted by atomic mass is 9.91. The Labute approximate surface area is 168 Å². The molecule has 1 saturated carbocycles. The average molecular weight is 388 g/mol. The third-order valence-electron chi connectivity index (χ3n) is 5.80. The Hall–Kier alpha value is -3.19. The number of methoxy groups -OCH3 is 1. The summed E-state index contributed by atoms with van der Waals surface area (Å²) >= 11 is 0. The van der Waals surface area contributed by atoms with Crippen LogP contribution in [0.25, 0.3) is 32.9 Å². The van der Waals surface area contributed by atoms with Crippen LogP contribution in [-0.2, 0) is 0 Å². The van der Waals surface area contributed by atoms with Gasteiger partial charge in [-0.1, -0.05) is 12.8 Å². The molecule has 4 aromatic rings. The van der Waals surface area contributed by atoms with Crippen LogP contribution < -0.4 is 15.8 Å². The molecule has 4 N–H and O–H groups in total. The van der Waals surface area contributed by atoms with E-state index in [0.29, 0.717) is 5.95 Å². The van der Waals surface area contributed by atoms with Gasteiger partial charge in [-0.05, 0) is 25.0 Å². The van der Waals surface area contributed by atoms with Gasteiger partial charge >= 0.3 is 0 Å². The molecule has 29 heavy (non-hydrogen) atoms. The Morgan fingerprint density at radius 1 is 1.14 bits per heavy atom. The number of ether oxygens (including phenoxy) is 1. The number of nitrogens with one attached hydrogen (secondary N) is 2. The fourth-order valence-electron chi connectivity index (χ4n) is 4.18. The lowest BCUT2D eigenvalue weighted by molar-refractivity contribution is 0.402. The molecule has 0 unspecified atom stereocenters. The van der Waals surface area contributed by atoms with Crippen molar-refractivity contribution in [1.82, 2.24) is 19.9 Å². The molecule has 2 atom stereocenters. The quantitative estimate of drug-likeness (QED) is 0.491. The second kappa shape index (κ2) is 7.33. The minimum Gasteiger partial charge on any atom is -0.497 e. The normalized spacial score (nSPS) is 19.5. The van der Waals surface area contributed by atoms with Crippen molar-refractivity contribution in [1.29, 1.82) is 0 Å². The van der Waals surface area contributed by atoms with Crippen molar-refractivity contribution in [3.05, 3.63) is 43.0 Å².